The maximum atomic E-state index is 4.68. The molecule has 4 nitrogen and oxygen atoms in total. The molecule has 134 valence electrons. The Hall–Kier alpha value is -2.62. The van der Waals surface area contributed by atoms with Crippen LogP contribution < -0.4 is 4.90 Å². The summed E-state index contributed by atoms with van der Waals surface area (Å²) in [6.45, 7) is 7.59. The van der Waals surface area contributed by atoms with Crippen molar-refractivity contribution in [2.75, 3.05) is 11.9 Å². The Balaban J connectivity index is 2.09. The third kappa shape index (κ3) is 2.44. The second-order valence-corrected chi connectivity index (χ2v) is 7.43. The first-order chi connectivity index (χ1) is 12.6. The Labute approximate surface area is 155 Å². The van der Waals surface area contributed by atoms with E-state index in [1.54, 1.807) is 0 Å². The number of fused-ring (bicyclic) bond motifs is 5. The average Bonchev–Trinajstić information content (AvgIpc) is 3.12. The van der Waals surface area contributed by atoms with Crippen LogP contribution >= 0.6 is 0 Å². The van der Waals surface area contributed by atoms with Gasteiger partial charge in [0.1, 0.15) is 5.69 Å². The van der Waals surface area contributed by atoms with Crippen LogP contribution in [-0.4, -0.2) is 22.0 Å². The summed E-state index contributed by atoms with van der Waals surface area (Å²) in [7, 11) is 2.16. The Morgan fingerprint density at radius 2 is 1.62 bits per heavy atom. The molecule has 3 aromatic rings. The number of hydrogen-bond acceptors (Lipinski definition) is 3. The van der Waals surface area contributed by atoms with E-state index in [0.717, 1.165) is 30.8 Å². The fourth-order valence-corrected chi connectivity index (χ4v) is 3.87. The number of hydrogen-bond donors (Lipinski definition) is 0. The summed E-state index contributed by atoms with van der Waals surface area (Å²) in [4.78, 5) is 2.32. The summed E-state index contributed by atoms with van der Waals surface area (Å²) in [5.41, 5.74) is 6.97. The highest BCUT2D eigenvalue weighted by Crippen LogP contribution is 2.42. The van der Waals surface area contributed by atoms with E-state index in [4.69, 9.17) is 0 Å². The van der Waals surface area contributed by atoms with Crippen LogP contribution in [0.3, 0.4) is 0 Å². The van der Waals surface area contributed by atoms with Gasteiger partial charge in [-0.05, 0) is 31.4 Å². The zero-order chi connectivity index (χ0) is 18.3. The van der Waals surface area contributed by atoms with E-state index < -0.39 is 0 Å². The molecule has 1 aromatic heterocycles. The zero-order valence-electron chi connectivity index (χ0n) is 16.0. The smallest absolute Gasteiger partial charge is 0.121 e. The highest BCUT2D eigenvalue weighted by Gasteiger charge is 2.32. The lowest BCUT2D eigenvalue weighted by molar-refractivity contribution is 0.262. The summed E-state index contributed by atoms with van der Waals surface area (Å²) in [6, 6.07) is 17.2. The molecule has 4 heteroatoms. The van der Waals surface area contributed by atoms with Crippen LogP contribution in [0.4, 0.5) is 5.69 Å². The standard InChI is InChI=1S/C22H26N4/c1-5-22(3,6-2)26-21-18-13-9-10-14-19(18)25(4)15-16-11-7-8-12-17(16)20(21)23-24-26/h7-14H,5-6,15H2,1-4H3. The highest BCUT2D eigenvalue weighted by molar-refractivity contribution is 5.88. The number of benzene rings is 2. The summed E-state index contributed by atoms with van der Waals surface area (Å²) in [5, 5.41) is 9.35. The molecule has 0 radical (unpaired) electrons. The number of anilines is 1. The summed E-state index contributed by atoms with van der Waals surface area (Å²) in [5.74, 6) is 0. The van der Waals surface area contributed by atoms with Gasteiger partial charge in [-0.15, -0.1) is 5.10 Å². The molecule has 26 heavy (non-hydrogen) atoms. The van der Waals surface area contributed by atoms with E-state index in [9.17, 15) is 0 Å². The molecule has 1 aliphatic rings. The molecule has 0 fully saturated rings. The molecule has 0 spiro atoms. The lowest BCUT2D eigenvalue weighted by Crippen LogP contribution is -2.31. The fourth-order valence-electron chi connectivity index (χ4n) is 3.87. The summed E-state index contributed by atoms with van der Waals surface area (Å²) >= 11 is 0. The minimum atomic E-state index is -0.0552. The largest absolute Gasteiger partial charge is 0.370 e. The van der Waals surface area contributed by atoms with Crippen molar-refractivity contribution in [3.8, 4) is 22.5 Å². The van der Waals surface area contributed by atoms with Crippen molar-refractivity contribution in [2.45, 2.75) is 45.7 Å². The van der Waals surface area contributed by atoms with Crippen LogP contribution in [0.25, 0.3) is 22.5 Å². The lowest BCUT2D eigenvalue weighted by Gasteiger charge is -2.31. The molecule has 0 aliphatic carbocycles. The molecule has 2 aromatic carbocycles. The van der Waals surface area contributed by atoms with E-state index >= 15 is 0 Å². The maximum Gasteiger partial charge on any atom is 0.121 e. The molecule has 0 saturated carbocycles. The van der Waals surface area contributed by atoms with Crippen molar-refractivity contribution >= 4 is 5.69 Å². The topological polar surface area (TPSA) is 34.0 Å². The number of aromatic nitrogens is 3. The van der Waals surface area contributed by atoms with Crippen LogP contribution in [0.15, 0.2) is 48.5 Å². The summed E-state index contributed by atoms with van der Waals surface area (Å²) < 4.78 is 2.16. The van der Waals surface area contributed by atoms with Crippen molar-refractivity contribution in [3.63, 3.8) is 0 Å². The van der Waals surface area contributed by atoms with Crippen molar-refractivity contribution in [2.24, 2.45) is 0 Å². The first-order valence-electron chi connectivity index (χ1n) is 9.44. The van der Waals surface area contributed by atoms with Gasteiger partial charge >= 0.3 is 0 Å². The molecule has 2 heterocycles. The van der Waals surface area contributed by atoms with Crippen LogP contribution in [0.5, 0.6) is 0 Å². The van der Waals surface area contributed by atoms with Crippen molar-refractivity contribution in [1.82, 2.24) is 15.0 Å². The van der Waals surface area contributed by atoms with Gasteiger partial charge in [-0.2, -0.15) is 0 Å². The number of nitrogens with zero attached hydrogens (tertiary/aromatic N) is 4. The van der Waals surface area contributed by atoms with Crippen molar-refractivity contribution in [3.05, 3.63) is 54.1 Å². The van der Waals surface area contributed by atoms with Gasteiger partial charge in [-0.3, -0.25) is 0 Å². The van der Waals surface area contributed by atoms with Gasteiger partial charge in [0.2, 0.25) is 0 Å². The maximum absolute atomic E-state index is 4.68. The Kier molecular flexibility index (Phi) is 4.06. The molecule has 0 amide bonds. The molecule has 0 unspecified atom stereocenters. The molecular formula is C22H26N4. The third-order valence-corrected chi connectivity index (χ3v) is 5.96. The van der Waals surface area contributed by atoms with Gasteiger partial charge in [0.05, 0.1) is 11.2 Å². The molecule has 1 aliphatic heterocycles. The Morgan fingerprint density at radius 1 is 0.962 bits per heavy atom. The Morgan fingerprint density at radius 3 is 2.35 bits per heavy atom. The van der Waals surface area contributed by atoms with Crippen LogP contribution in [0.1, 0.15) is 39.2 Å². The second-order valence-electron chi connectivity index (χ2n) is 7.43. The average molecular weight is 346 g/mol. The predicted molar refractivity (Wildman–Crippen MR) is 107 cm³/mol. The number of para-hydroxylation sites is 1. The molecule has 0 N–H and O–H groups in total. The van der Waals surface area contributed by atoms with Gasteiger partial charge in [0.15, 0.2) is 0 Å². The SMILES string of the molecule is CCC(C)(CC)n1nnc2c1-c1ccccc1N(C)Cc1ccccc1-2. The van der Waals surface area contributed by atoms with Gasteiger partial charge in [-0.1, -0.05) is 61.5 Å². The Bertz CT molecular complexity index is 937. The van der Waals surface area contributed by atoms with E-state index in [0.29, 0.717) is 0 Å². The van der Waals surface area contributed by atoms with E-state index in [1.807, 2.05) is 0 Å². The first kappa shape index (κ1) is 16.8. The van der Waals surface area contributed by atoms with E-state index in [2.05, 4.69) is 96.2 Å². The summed E-state index contributed by atoms with van der Waals surface area (Å²) in [6.07, 6.45) is 2.03. The van der Waals surface area contributed by atoms with Gasteiger partial charge in [0, 0.05) is 30.4 Å². The second kappa shape index (κ2) is 6.27. The van der Waals surface area contributed by atoms with Crippen molar-refractivity contribution < 1.29 is 0 Å². The molecule has 0 bridgehead atoms. The minimum absolute atomic E-state index is 0.0552. The van der Waals surface area contributed by atoms with Gasteiger partial charge in [-0.25, -0.2) is 4.68 Å². The molecule has 0 saturated heterocycles. The van der Waals surface area contributed by atoms with Crippen LogP contribution in [-0.2, 0) is 12.1 Å². The quantitative estimate of drug-likeness (QED) is 0.662. The van der Waals surface area contributed by atoms with Crippen LogP contribution in [0.2, 0.25) is 0 Å². The first-order valence-corrected chi connectivity index (χ1v) is 9.44. The van der Waals surface area contributed by atoms with Gasteiger partial charge in [0.25, 0.3) is 0 Å². The third-order valence-electron chi connectivity index (χ3n) is 5.96. The molecular weight excluding hydrogens is 320 g/mol. The normalized spacial score (nSPS) is 13.5. The molecule has 0 atom stereocenters. The minimum Gasteiger partial charge on any atom is -0.370 e. The van der Waals surface area contributed by atoms with Crippen molar-refractivity contribution in [1.29, 1.82) is 0 Å². The van der Waals surface area contributed by atoms with Crippen LogP contribution in [0, 0.1) is 0 Å². The van der Waals surface area contributed by atoms with Gasteiger partial charge < -0.3 is 4.90 Å². The zero-order valence-corrected chi connectivity index (χ0v) is 16.0. The van der Waals surface area contributed by atoms with E-state index in [-0.39, 0.29) is 5.54 Å². The number of rotatable bonds is 3. The van der Waals surface area contributed by atoms with E-state index in [1.165, 1.54) is 22.4 Å². The lowest BCUT2D eigenvalue weighted by atomic mass is 9.92. The predicted octanol–water partition coefficient (Wildman–Crippen LogP) is 5.10. The highest BCUT2D eigenvalue weighted by atomic mass is 15.5. The fraction of sp³-hybridized carbons (Fsp3) is 0.364. The molecule has 4 rings (SSSR count). The monoisotopic (exact) mass is 346 g/mol.